The van der Waals surface area contributed by atoms with Crippen LogP contribution in [0.2, 0.25) is 0 Å². The van der Waals surface area contributed by atoms with Crippen molar-refractivity contribution in [2.75, 3.05) is 45.9 Å². The Morgan fingerprint density at radius 2 is 2.10 bits per heavy atom. The van der Waals surface area contributed by atoms with Crippen LogP contribution in [0, 0.1) is 5.41 Å². The molecule has 0 saturated carbocycles. The van der Waals surface area contributed by atoms with Gasteiger partial charge in [-0.2, -0.15) is 5.10 Å². The fourth-order valence-electron chi connectivity index (χ4n) is 6.53. The van der Waals surface area contributed by atoms with Crippen molar-refractivity contribution in [3.05, 3.63) is 59.9 Å². The Hall–Kier alpha value is -3.86. The van der Waals surface area contributed by atoms with Crippen LogP contribution in [0.3, 0.4) is 0 Å². The highest BCUT2D eigenvalue weighted by Gasteiger charge is 2.51. The molecule has 0 unspecified atom stereocenters. The van der Waals surface area contributed by atoms with E-state index >= 15 is 0 Å². The summed E-state index contributed by atoms with van der Waals surface area (Å²) in [5.41, 5.74) is 2.99. The third kappa shape index (κ3) is 5.95. The molecule has 4 aliphatic rings. The van der Waals surface area contributed by atoms with E-state index in [1.165, 1.54) is 0 Å². The molecule has 218 valence electrons. The van der Waals surface area contributed by atoms with Crippen molar-refractivity contribution in [2.24, 2.45) is 12.5 Å². The summed E-state index contributed by atoms with van der Waals surface area (Å²) in [7, 11) is 1.89. The number of fused-ring (bicyclic) bond motifs is 11. The Morgan fingerprint density at radius 3 is 2.93 bits per heavy atom. The van der Waals surface area contributed by atoms with Gasteiger partial charge in [0, 0.05) is 99.8 Å². The first-order chi connectivity index (χ1) is 20.0. The van der Waals surface area contributed by atoms with Gasteiger partial charge in [-0.25, -0.2) is 4.98 Å². The van der Waals surface area contributed by atoms with Gasteiger partial charge in [0.15, 0.2) is 11.5 Å². The van der Waals surface area contributed by atoms with Crippen molar-refractivity contribution < 1.29 is 19.1 Å². The van der Waals surface area contributed by atoms with E-state index in [0.717, 1.165) is 48.1 Å². The van der Waals surface area contributed by atoms with E-state index in [1.54, 1.807) is 17.2 Å². The number of likely N-dealkylation sites (tertiary alicyclic amines) is 1. The number of carbonyl (C=O) groups is 2. The molecule has 3 aromatic rings. The van der Waals surface area contributed by atoms with Crippen molar-refractivity contribution in [1.82, 2.24) is 34.9 Å². The first-order valence-electron chi connectivity index (χ1n) is 14.6. The van der Waals surface area contributed by atoms with Gasteiger partial charge in [0.25, 0.3) is 0 Å². The lowest BCUT2D eigenvalue weighted by atomic mass is 9.73. The van der Waals surface area contributed by atoms with Crippen LogP contribution in [0.1, 0.15) is 48.6 Å². The number of hydrogen-bond acceptors (Lipinski definition) is 7. The van der Waals surface area contributed by atoms with Crippen molar-refractivity contribution in [3.8, 4) is 11.5 Å². The maximum Gasteiger partial charge on any atom is 0.222 e. The number of rotatable bonds is 5. The van der Waals surface area contributed by atoms with Crippen LogP contribution in [0.4, 0.5) is 0 Å². The molecule has 11 nitrogen and oxygen atoms in total. The van der Waals surface area contributed by atoms with Gasteiger partial charge in [0.2, 0.25) is 11.8 Å². The molecule has 2 amide bonds. The normalized spacial score (nSPS) is 23.5. The van der Waals surface area contributed by atoms with E-state index < -0.39 is 0 Å². The van der Waals surface area contributed by atoms with E-state index in [-0.39, 0.29) is 23.1 Å². The molecule has 7 rings (SSSR count). The quantitative estimate of drug-likeness (QED) is 0.491. The number of para-hydroxylation sites is 1. The summed E-state index contributed by atoms with van der Waals surface area (Å²) in [4.78, 5) is 37.9. The van der Waals surface area contributed by atoms with Crippen LogP contribution >= 0.6 is 0 Å². The van der Waals surface area contributed by atoms with Gasteiger partial charge in [-0.05, 0) is 31.4 Å². The second-order valence-electron chi connectivity index (χ2n) is 11.5. The molecule has 2 N–H and O–H groups in total. The van der Waals surface area contributed by atoms with Crippen molar-refractivity contribution >= 4 is 11.8 Å². The van der Waals surface area contributed by atoms with Gasteiger partial charge in [-0.15, -0.1) is 0 Å². The Kier molecular flexibility index (Phi) is 7.95. The number of aromatic amines is 1. The standard InChI is InChI=1S/C30H39N7O4/c1-35-23(10-11-34-35)8-9-28(39)37-12-3-7-27(38)32-18-30-19-36(16-22-15-31-21-33-22)17-25(30)24-5-2-6-26(29(24)41-20-30)40-14-4-13-37/h2,5-6,10-11,15,21,25H,3-4,7-9,12-14,16-20H2,1H3,(H,31,33)(H,32,38)/t25-,30+/m0/s1. The fourth-order valence-corrected chi connectivity index (χ4v) is 6.53. The van der Waals surface area contributed by atoms with Crippen LogP contribution in [0.25, 0.3) is 0 Å². The first kappa shape index (κ1) is 27.3. The number of nitrogens with one attached hydrogen (secondary N) is 2. The second-order valence-corrected chi connectivity index (χ2v) is 11.5. The number of nitrogens with zero attached hydrogens (tertiary/aromatic N) is 5. The second kappa shape index (κ2) is 11.9. The molecule has 1 aromatic carbocycles. The van der Waals surface area contributed by atoms with Crippen LogP contribution < -0.4 is 14.8 Å². The summed E-state index contributed by atoms with van der Waals surface area (Å²) >= 11 is 0. The zero-order valence-corrected chi connectivity index (χ0v) is 23.7. The minimum atomic E-state index is -0.244. The average Bonchev–Trinajstić information content (AvgIpc) is 3.72. The molecule has 41 heavy (non-hydrogen) atoms. The lowest BCUT2D eigenvalue weighted by molar-refractivity contribution is -0.132. The molecule has 1 saturated heterocycles. The SMILES string of the molecule is Cn1nccc1CCC(=O)N1CCCOc2cccc3c2OC[C@@]2(CNC(=O)CCC1)CN(Cc1cnc[nH]1)C[C@@H]32. The summed E-state index contributed by atoms with van der Waals surface area (Å²) in [6, 6.07) is 8.07. The molecule has 0 aliphatic carbocycles. The highest BCUT2D eigenvalue weighted by atomic mass is 16.5. The molecule has 4 bridgehead atoms. The van der Waals surface area contributed by atoms with Gasteiger partial charge in [-0.3, -0.25) is 19.2 Å². The highest BCUT2D eigenvalue weighted by Crippen LogP contribution is 2.52. The predicted octanol–water partition coefficient (Wildman–Crippen LogP) is 2.26. The average molecular weight is 562 g/mol. The lowest BCUT2D eigenvalue weighted by Crippen LogP contribution is -2.48. The molecule has 4 aliphatic heterocycles. The van der Waals surface area contributed by atoms with Crippen molar-refractivity contribution in [2.45, 2.75) is 44.6 Å². The van der Waals surface area contributed by atoms with Crippen LogP contribution in [-0.4, -0.2) is 87.3 Å². The molecule has 1 spiro atoms. The summed E-state index contributed by atoms with van der Waals surface area (Å²) in [5, 5.41) is 7.43. The van der Waals surface area contributed by atoms with Crippen molar-refractivity contribution in [1.29, 1.82) is 0 Å². The first-order valence-corrected chi connectivity index (χ1v) is 14.6. The largest absolute Gasteiger partial charge is 0.490 e. The smallest absolute Gasteiger partial charge is 0.222 e. The lowest BCUT2D eigenvalue weighted by Gasteiger charge is -2.40. The predicted molar refractivity (Wildman–Crippen MR) is 151 cm³/mol. The number of H-pyrrole nitrogens is 1. The van der Waals surface area contributed by atoms with E-state index in [0.29, 0.717) is 65.0 Å². The van der Waals surface area contributed by atoms with Crippen LogP contribution in [0.5, 0.6) is 11.5 Å². The van der Waals surface area contributed by atoms with Gasteiger partial charge >= 0.3 is 0 Å². The van der Waals surface area contributed by atoms with Gasteiger partial charge in [-0.1, -0.05) is 12.1 Å². The maximum atomic E-state index is 13.2. The number of hydrogen-bond donors (Lipinski definition) is 2. The van der Waals surface area contributed by atoms with Gasteiger partial charge in [0.05, 0.1) is 19.5 Å². The minimum absolute atomic E-state index is 0.0161. The maximum absolute atomic E-state index is 13.2. The summed E-state index contributed by atoms with van der Waals surface area (Å²) in [5.74, 6) is 1.86. The number of ether oxygens (including phenoxy) is 2. The summed E-state index contributed by atoms with van der Waals surface area (Å²) < 4.78 is 14.5. The molecule has 2 atom stereocenters. The zero-order chi connectivity index (χ0) is 28.2. The summed E-state index contributed by atoms with van der Waals surface area (Å²) in [6.07, 6.45) is 8.05. The van der Waals surface area contributed by atoms with Gasteiger partial charge in [0.1, 0.15) is 0 Å². The summed E-state index contributed by atoms with van der Waals surface area (Å²) in [6.45, 7) is 5.10. The molecular weight excluding hydrogens is 522 g/mol. The Balaban J connectivity index is 1.18. The number of aromatic nitrogens is 4. The van der Waals surface area contributed by atoms with E-state index in [2.05, 4.69) is 31.3 Å². The third-order valence-corrected chi connectivity index (χ3v) is 8.73. The Morgan fingerprint density at radius 1 is 1.20 bits per heavy atom. The van der Waals surface area contributed by atoms with E-state index in [1.807, 2.05) is 36.3 Å². The Labute approximate surface area is 240 Å². The number of imidazole rings is 1. The zero-order valence-electron chi connectivity index (χ0n) is 23.7. The number of aryl methyl sites for hydroxylation is 2. The molecule has 6 heterocycles. The number of benzene rings is 1. The topological polar surface area (TPSA) is 118 Å². The molecule has 1 fully saturated rings. The molecule has 0 radical (unpaired) electrons. The molecule has 11 heteroatoms. The van der Waals surface area contributed by atoms with Gasteiger partial charge < -0.3 is 24.7 Å². The van der Waals surface area contributed by atoms with Crippen LogP contribution in [0.15, 0.2) is 43.0 Å². The van der Waals surface area contributed by atoms with E-state index in [4.69, 9.17) is 9.47 Å². The molecular formula is C30H39N7O4. The van der Waals surface area contributed by atoms with Crippen LogP contribution in [-0.2, 0) is 29.6 Å². The van der Waals surface area contributed by atoms with E-state index in [9.17, 15) is 9.59 Å². The third-order valence-electron chi connectivity index (χ3n) is 8.73. The monoisotopic (exact) mass is 561 g/mol. The number of amides is 2. The van der Waals surface area contributed by atoms with Crippen molar-refractivity contribution in [3.63, 3.8) is 0 Å². The highest BCUT2D eigenvalue weighted by molar-refractivity contribution is 5.77. The minimum Gasteiger partial charge on any atom is -0.490 e. The Bertz CT molecular complexity index is 1360. The number of carbonyl (C=O) groups excluding carboxylic acids is 2. The fraction of sp³-hybridized carbons (Fsp3) is 0.533. The molecule has 2 aromatic heterocycles.